The lowest BCUT2D eigenvalue weighted by molar-refractivity contribution is 0.132. The van der Waals surface area contributed by atoms with Gasteiger partial charge in [-0.05, 0) is 91.5 Å². The Morgan fingerprint density at radius 1 is 0.756 bits per heavy atom. The third kappa shape index (κ3) is 4.41. The van der Waals surface area contributed by atoms with Gasteiger partial charge in [0, 0.05) is 45.2 Å². The summed E-state index contributed by atoms with van der Waals surface area (Å²) >= 11 is 2.25. The molecule has 9 rings (SSSR count). The Morgan fingerprint density at radius 3 is 2.47 bits per heavy atom. The number of hydrogen-bond acceptors (Lipinski definition) is 2. The van der Waals surface area contributed by atoms with Crippen molar-refractivity contribution in [3.05, 3.63) is 142 Å². The number of rotatable bonds is 5. The van der Waals surface area contributed by atoms with Crippen LogP contribution in [0.4, 0.5) is 0 Å². The smallest absolute Gasteiger partial charge is 0.0496 e. The SMILES string of the molecule is C1=CC2C3=CCCC(N(C4CC=CCC4)C4CCCCC4)=C3SC2C(C2(c3ccccc3)c3ccccc3C3CCC=CC32)=C1. The normalized spacial score (nSPS) is 33.6. The van der Waals surface area contributed by atoms with E-state index in [2.05, 4.69) is 120 Å². The van der Waals surface area contributed by atoms with Crippen LogP contribution >= 0.6 is 11.8 Å². The minimum absolute atomic E-state index is 0.133. The Labute approximate surface area is 275 Å². The molecule has 0 bridgehead atoms. The van der Waals surface area contributed by atoms with Gasteiger partial charge in [0.2, 0.25) is 0 Å². The molecule has 6 aliphatic carbocycles. The van der Waals surface area contributed by atoms with Crippen LogP contribution in [0.5, 0.6) is 0 Å². The molecule has 45 heavy (non-hydrogen) atoms. The molecule has 1 aliphatic heterocycles. The van der Waals surface area contributed by atoms with Crippen LogP contribution in [-0.4, -0.2) is 22.2 Å². The topological polar surface area (TPSA) is 3.24 Å². The molecule has 2 aromatic rings. The van der Waals surface area contributed by atoms with E-state index in [0.717, 1.165) is 6.04 Å². The molecule has 1 saturated carbocycles. The number of allylic oxidation sites excluding steroid dienone is 9. The Morgan fingerprint density at radius 2 is 1.60 bits per heavy atom. The highest BCUT2D eigenvalue weighted by atomic mass is 32.2. The molecule has 230 valence electrons. The molecule has 0 aromatic heterocycles. The van der Waals surface area contributed by atoms with Crippen molar-refractivity contribution in [1.29, 1.82) is 0 Å². The van der Waals surface area contributed by atoms with Gasteiger partial charge in [0.15, 0.2) is 0 Å². The summed E-state index contributed by atoms with van der Waals surface area (Å²) in [6.07, 6.45) is 35.8. The maximum Gasteiger partial charge on any atom is 0.0496 e. The number of thioether (sulfide) groups is 1. The van der Waals surface area contributed by atoms with E-state index in [-0.39, 0.29) is 5.41 Å². The van der Waals surface area contributed by atoms with Crippen molar-refractivity contribution in [2.45, 2.75) is 106 Å². The van der Waals surface area contributed by atoms with E-state index in [0.29, 0.717) is 29.0 Å². The van der Waals surface area contributed by atoms with Gasteiger partial charge in [-0.25, -0.2) is 0 Å². The van der Waals surface area contributed by atoms with Crippen LogP contribution in [0.1, 0.15) is 99.7 Å². The molecule has 0 spiro atoms. The fraction of sp³-hybridized carbons (Fsp3) is 0.442. The van der Waals surface area contributed by atoms with Crippen molar-refractivity contribution in [2.24, 2.45) is 11.8 Å². The molecular formula is C43H47NS. The molecule has 1 nitrogen and oxygen atoms in total. The van der Waals surface area contributed by atoms with Crippen LogP contribution in [0.15, 0.2) is 125 Å². The molecular weight excluding hydrogens is 563 g/mol. The van der Waals surface area contributed by atoms with Crippen molar-refractivity contribution < 1.29 is 0 Å². The Hall–Kier alpha value is -2.97. The summed E-state index contributed by atoms with van der Waals surface area (Å²) in [5.74, 6) is 1.50. The van der Waals surface area contributed by atoms with Crippen molar-refractivity contribution in [3.8, 4) is 0 Å². The van der Waals surface area contributed by atoms with E-state index < -0.39 is 0 Å². The zero-order chi connectivity index (χ0) is 29.8. The van der Waals surface area contributed by atoms with Gasteiger partial charge in [-0.15, -0.1) is 11.8 Å². The second-order valence-electron chi connectivity index (χ2n) is 14.6. The van der Waals surface area contributed by atoms with E-state index in [1.54, 1.807) is 32.9 Å². The van der Waals surface area contributed by atoms with Crippen molar-refractivity contribution in [2.75, 3.05) is 0 Å². The lowest BCUT2D eigenvalue weighted by atomic mass is 9.59. The number of nitrogens with zero attached hydrogens (tertiary/aromatic N) is 1. The van der Waals surface area contributed by atoms with Crippen molar-refractivity contribution in [3.63, 3.8) is 0 Å². The average Bonchev–Trinajstić information content (AvgIpc) is 3.65. The summed E-state index contributed by atoms with van der Waals surface area (Å²) in [6, 6.07) is 22.6. The molecule has 1 heterocycles. The molecule has 7 aliphatic rings. The van der Waals surface area contributed by atoms with Crippen molar-refractivity contribution in [1.82, 2.24) is 4.90 Å². The van der Waals surface area contributed by atoms with Gasteiger partial charge >= 0.3 is 0 Å². The maximum atomic E-state index is 3.03. The van der Waals surface area contributed by atoms with Gasteiger partial charge in [0.05, 0.1) is 0 Å². The number of fused-ring (bicyclic) bond motifs is 6. The monoisotopic (exact) mass is 609 g/mol. The van der Waals surface area contributed by atoms with E-state index in [1.165, 1.54) is 82.6 Å². The standard InChI is InChI=1S/C43H47NS/c1-4-16-30(17-5-1)43(37-26-12-10-22-33(37)34-23-11-13-27-38(34)43)39-28-14-24-35-36-25-15-29-40(42(36)45-41(35)39)44(31-18-6-2-7-19-31)32-20-8-3-9-21-32/h1-2,4-6,10,12-14,16-17,22,24-28,31-32,34-35,38,41H,3,7-9,11,15,18-21,23,29H2. The van der Waals surface area contributed by atoms with Gasteiger partial charge in [0.25, 0.3) is 0 Å². The Balaban J connectivity index is 1.19. The van der Waals surface area contributed by atoms with Crippen molar-refractivity contribution >= 4 is 11.8 Å². The number of benzene rings is 2. The van der Waals surface area contributed by atoms with Crippen LogP contribution in [0.25, 0.3) is 0 Å². The highest BCUT2D eigenvalue weighted by Gasteiger charge is 2.58. The average molecular weight is 610 g/mol. The molecule has 0 radical (unpaired) electrons. The quantitative estimate of drug-likeness (QED) is 0.310. The fourth-order valence-corrected chi connectivity index (χ4v) is 12.4. The predicted octanol–water partition coefficient (Wildman–Crippen LogP) is 10.9. The predicted molar refractivity (Wildman–Crippen MR) is 190 cm³/mol. The van der Waals surface area contributed by atoms with Gasteiger partial charge < -0.3 is 4.90 Å². The summed E-state index contributed by atoms with van der Waals surface area (Å²) < 4.78 is 0. The maximum absolute atomic E-state index is 3.03. The first-order valence-corrected chi connectivity index (χ1v) is 19.0. The summed E-state index contributed by atoms with van der Waals surface area (Å²) in [5, 5.41) is 0.436. The van der Waals surface area contributed by atoms with E-state index in [1.807, 2.05) is 0 Å². The second-order valence-corrected chi connectivity index (χ2v) is 15.7. The third-order valence-corrected chi connectivity index (χ3v) is 13.9. The Bertz CT molecular complexity index is 1630. The summed E-state index contributed by atoms with van der Waals surface area (Å²) in [4.78, 5) is 4.68. The molecule has 2 fully saturated rings. The lowest BCUT2D eigenvalue weighted by Gasteiger charge is -2.45. The first-order valence-electron chi connectivity index (χ1n) is 18.1. The van der Waals surface area contributed by atoms with E-state index in [9.17, 15) is 0 Å². The molecule has 1 saturated heterocycles. The van der Waals surface area contributed by atoms with Gasteiger partial charge in [0.1, 0.15) is 0 Å². The van der Waals surface area contributed by atoms with E-state index >= 15 is 0 Å². The summed E-state index contributed by atoms with van der Waals surface area (Å²) in [7, 11) is 0. The summed E-state index contributed by atoms with van der Waals surface area (Å²) in [6.45, 7) is 0. The summed E-state index contributed by atoms with van der Waals surface area (Å²) in [5.41, 5.74) is 9.50. The molecule has 6 atom stereocenters. The third-order valence-electron chi connectivity index (χ3n) is 12.4. The molecule has 6 unspecified atom stereocenters. The lowest BCUT2D eigenvalue weighted by Crippen LogP contribution is -2.44. The minimum atomic E-state index is -0.133. The zero-order valence-electron chi connectivity index (χ0n) is 26.6. The van der Waals surface area contributed by atoms with Crippen LogP contribution in [0.3, 0.4) is 0 Å². The number of hydrogen-bond donors (Lipinski definition) is 0. The second kappa shape index (κ2) is 11.7. The first-order chi connectivity index (χ1) is 22.4. The fourth-order valence-electron chi connectivity index (χ4n) is 10.6. The Kier molecular flexibility index (Phi) is 7.34. The van der Waals surface area contributed by atoms with E-state index in [4.69, 9.17) is 0 Å². The largest absolute Gasteiger partial charge is 0.368 e. The van der Waals surface area contributed by atoms with Gasteiger partial charge in [-0.3, -0.25) is 0 Å². The molecule has 0 N–H and O–H groups in total. The van der Waals surface area contributed by atoms with Crippen LogP contribution in [0, 0.1) is 11.8 Å². The highest BCUT2D eigenvalue weighted by Crippen LogP contribution is 2.66. The molecule has 0 amide bonds. The molecule has 2 aromatic carbocycles. The van der Waals surface area contributed by atoms with Crippen LogP contribution in [0.2, 0.25) is 0 Å². The van der Waals surface area contributed by atoms with Gasteiger partial charge in [-0.1, -0.05) is 122 Å². The minimum Gasteiger partial charge on any atom is -0.368 e. The van der Waals surface area contributed by atoms with Gasteiger partial charge in [-0.2, -0.15) is 0 Å². The zero-order valence-corrected chi connectivity index (χ0v) is 27.4. The van der Waals surface area contributed by atoms with Crippen LogP contribution in [-0.2, 0) is 5.41 Å². The van der Waals surface area contributed by atoms with Crippen LogP contribution < -0.4 is 0 Å². The highest BCUT2D eigenvalue weighted by molar-refractivity contribution is 8.04. The molecule has 2 heteroatoms. The first kappa shape index (κ1) is 28.3.